The van der Waals surface area contributed by atoms with Gasteiger partial charge in [-0.15, -0.1) is 0 Å². The predicted molar refractivity (Wildman–Crippen MR) is 89.6 cm³/mol. The summed E-state index contributed by atoms with van der Waals surface area (Å²) < 4.78 is 46.7. The molecule has 0 radical (unpaired) electrons. The van der Waals surface area contributed by atoms with Crippen molar-refractivity contribution in [3.8, 4) is 0 Å². The predicted octanol–water partition coefficient (Wildman–Crippen LogP) is 1.53. The Hall–Kier alpha value is -2.53. The van der Waals surface area contributed by atoms with Crippen molar-refractivity contribution < 1.29 is 33.2 Å². The van der Waals surface area contributed by atoms with Crippen molar-refractivity contribution in [1.29, 1.82) is 0 Å². The van der Waals surface area contributed by atoms with E-state index in [1.807, 2.05) is 0 Å². The second-order valence-corrected chi connectivity index (χ2v) is 6.51. The first kappa shape index (κ1) is 18.8. The van der Waals surface area contributed by atoms with Gasteiger partial charge in [-0.1, -0.05) is 6.07 Å². The molecule has 0 aliphatic carbocycles. The summed E-state index contributed by atoms with van der Waals surface area (Å²) in [5.74, 6) is -2.24. The molecular formula is C18H16F3N3O4. The molecule has 1 aliphatic rings. The molecule has 7 nitrogen and oxygen atoms in total. The van der Waals surface area contributed by atoms with Crippen LogP contribution in [0.3, 0.4) is 0 Å². The Balaban J connectivity index is 1.65. The lowest BCUT2D eigenvalue weighted by Crippen LogP contribution is -2.34. The number of ether oxygens (including phenoxy) is 1. The summed E-state index contributed by atoms with van der Waals surface area (Å²) in [5.41, 5.74) is 0.423. The van der Waals surface area contributed by atoms with E-state index in [9.17, 15) is 28.5 Å². The van der Waals surface area contributed by atoms with Gasteiger partial charge in [0.2, 0.25) is 0 Å². The van der Waals surface area contributed by atoms with Crippen molar-refractivity contribution in [2.75, 3.05) is 0 Å². The number of nitrogens with zero attached hydrogens (tertiary/aromatic N) is 3. The van der Waals surface area contributed by atoms with Gasteiger partial charge in [0.05, 0.1) is 5.69 Å². The van der Waals surface area contributed by atoms with E-state index in [1.165, 1.54) is 17.1 Å². The van der Waals surface area contributed by atoms with Gasteiger partial charge in [0.1, 0.15) is 43.1 Å². The number of halogens is 3. The van der Waals surface area contributed by atoms with Gasteiger partial charge >= 0.3 is 0 Å². The molecule has 2 aromatic heterocycles. The van der Waals surface area contributed by atoms with Crippen LogP contribution in [-0.4, -0.2) is 48.2 Å². The maximum atomic E-state index is 13.5. The quantitative estimate of drug-likeness (QED) is 0.620. The molecule has 0 unspecified atom stereocenters. The van der Waals surface area contributed by atoms with Gasteiger partial charge in [-0.25, -0.2) is 23.1 Å². The highest BCUT2D eigenvalue weighted by Gasteiger charge is 2.47. The molecule has 0 saturated carbocycles. The molecule has 3 N–H and O–H groups in total. The fraction of sp³-hybridized carbons (Fsp3) is 0.333. The zero-order valence-electron chi connectivity index (χ0n) is 14.3. The molecule has 0 amide bonds. The van der Waals surface area contributed by atoms with Crippen LogP contribution < -0.4 is 0 Å². The van der Waals surface area contributed by atoms with Crippen LogP contribution in [-0.2, 0) is 11.4 Å². The van der Waals surface area contributed by atoms with Gasteiger partial charge in [-0.3, -0.25) is 0 Å². The number of benzene rings is 1. The van der Waals surface area contributed by atoms with Crippen LogP contribution in [0.4, 0.5) is 13.2 Å². The zero-order chi connectivity index (χ0) is 20.0. The van der Waals surface area contributed by atoms with E-state index < -0.39 is 49.0 Å². The summed E-state index contributed by atoms with van der Waals surface area (Å²) in [7, 11) is 0. The van der Waals surface area contributed by atoms with Crippen molar-refractivity contribution in [3.63, 3.8) is 0 Å². The van der Waals surface area contributed by atoms with Crippen LogP contribution in [0.2, 0.25) is 0 Å². The lowest BCUT2D eigenvalue weighted by atomic mass is 9.99. The summed E-state index contributed by atoms with van der Waals surface area (Å²) in [6.45, 7) is -0.808. The minimum absolute atomic E-state index is 0.0183. The number of fused-ring (bicyclic) bond motifs is 1. The third-order valence-corrected chi connectivity index (χ3v) is 4.86. The van der Waals surface area contributed by atoms with Crippen molar-refractivity contribution in [2.24, 2.45) is 0 Å². The third-order valence-electron chi connectivity index (χ3n) is 4.86. The van der Waals surface area contributed by atoms with E-state index in [4.69, 9.17) is 4.74 Å². The van der Waals surface area contributed by atoms with E-state index in [0.29, 0.717) is 5.39 Å². The second kappa shape index (κ2) is 7.13. The second-order valence-electron chi connectivity index (χ2n) is 6.51. The number of hydrogen-bond acceptors (Lipinski definition) is 6. The molecule has 28 heavy (non-hydrogen) atoms. The molecule has 1 fully saturated rings. The van der Waals surface area contributed by atoms with Crippen LogP contribution in [0.15, 0.2) is 36.8 Å². The van der Waals surface area contributed by atoms with E-state index in [2.05, 4.69) is 9.97 Å². The highest BCUT2D eigenvalue weighted by atomic mass is 19.2. The average Bonchev–Trinajstić information content (AvgIpc) is 3.25. The minimum atomic E-state index is -1.53. The largest absolute Gasteiger partial charge is 0.387 e. The van der Waals surface area contributed by atoms with E-state index in [0.717, 1.165) is 18.2 Å². The van der Waals surface area contributed by atoms with Gasteiger partial charge < -0.3 is 24.6 Å². The van der Waals surface area contributed by atoms with Crippen molar-refractivity contribution in [2.45, 2.75) is 37.3 Å². The Labute approximate surface area is 156 Å². The Morgan fingerprint density at radius 1 is 1.11 bits per heavy atom. The van der Waals surface area contributed by atoms with Crippen molar-refractivity contribution in [1.82, 2.24) is 14.5 Å². The van der Waals surface area contributed by atoms with E-state index >= 15 is 0 Å². The molecule has 1 aliphatic heterocycles. The van der Waals surface area contributed by atoms with E-state index in [1.54, 1.807) is 6.07 Å². The number of hydrogen-bond donors (Lipinski definition) is 3. The molecule has 148 valence electrons. The minimum Gasteiger partial charge on any atom is -0.387 e. The molecule has 3 aromatic rings. The summed E-state index contributed by atoms with van der Waals surface area (Å²) in [6, 6.07) is 4.34. The number of aromatic nitrogens is 3. The van der Waals surface area contributed by atoms with Gasteiger partial charge in [0.25, 0.3) is 0 Å². The average molecular weight is 395 g/mol. The summed E-state index contributed by atoms with van der Waals surface area (Å²) in [6.07, 6.45) is -4.30. The van der Waals surface area contributed by atoms with Crippen LogP contribution in [0.25, 0.3) is 11.0 Å². The third kappa shape index (κ3) is 2.94. The molecule has 1 saturated heterocycles. The maximum Gasteiger partial charge on any atom is 0.164 e. The Morgan fingerprint density at radius 2 is 1.89 bits per heavy atom. The van der Waals surface area contributed by atoms with Gasteiger partial charge in [-0.05, 0) is 23.8 Å². The highest BCUT2D eigenvalue weighted by Crippen LogP contribution is 2.37. The molecule has 3 heterocycles. The molecule has 4 rings (SSSR count). The highest BCUT2D eigenvalue weighted by molar-refractivity contribution is 5.78. The lowest BCUT2D eigenvalue weighted by molar-refractivity contribution is -0.0849. The van der Waals surface area contributed by atoms with Crippen molar-refractivity contribution in [3.05, 3.63) is 59.7 Å². The van der Waals surface area contributed by atoms with Gasteiger partial charge in [0.15, 0.2) is 17.9 Å². The Morgan fingerprint density at radius 3 is 2.61 bits per heavy atom. The SMILES string of the molecule is O[C@@H]1[C@H](O)[C@@H]([C@H](O)c2ccc(F)c(F)c2)O[C@H]1n1ccc2c(CF)ncnc21. The fourth-order valence-electron chi connectivity index (χ4n) is 3.40. The Bertz CT molecular complexity index is 1010. The first-order valence-electron chi connectivity index (χ1n) is 8.43. The number of aliphatic hydroxyl groups excluding tert-OH is 3. The number of alkyl halides is 1. The lowest BCUT2D eigenvalue weighted by Gasteiger charge is -2.21. The van der Waals surface area contributed by atoms with Crippen LogP contribution in [0.5, 0.6) is 0 Å². The number of rotatable bonds is 4. The van der Waals surface area contributed by atoms with E-state index in [-0.39, 0.29) is 16.9 Å². The molecule has 0 spiro atoms. The molecule has 10 heteroatoms. The summed E-state index contributed by atoms with van der Waals surface area (Å²) in [5, 5.41) is 31.6. The molecule has 1 aromatic carbocycles. The monoisotopic (exact) mass is 395 g/mol. The topological polar surface area (TPSA) is 101 Å². The van der Waals surface area contributed by atoms with Crippen LogP contribution in [0.1, 0.15) is 23.6 Å². The van der Waals surface area contributed by atoms with Gasteiger partial charge in [0, 0.05) is 11.6 Å². The summed E-state index contributed by atoms with van der Waals surface area (Å²) >= 11 is 0. The maximum absolute atomic E-state index is 13.5. The first-order valence-corrected chi connectivity index (χ1v) is 8.43. The number of aliphatic hydroxyl groups is 3. The van der Waals surface area contributed by atoms with Crippen molar-refractivity contribution >= 4 is 11.0 Å². The van der Waals surface area contributed by atoms with Crippen LogP contribution in [0, 0.1) is 11.6 Å². The molecular weight excluding hydrogens is 379 g/mol. The first-order chi connectivity index (χ1) is 13.4. The Kier molecular flexibility index (Phi) is 4.79. The normalized spacial score (nSPS) is 26.1. The summed E-state index contributed by atoms with van der Waals surface area (Å²) in [4.78, 5) is 7.90. The molecule has 0 bridgehead atoms. The smallest absolute Gasteiger partial charge is 0.164 e. The van der Waals surface area contributed by atoms with Gasteiger partial charge in [-0.2, -0.15) is 0 Å². The fourth-order valence-corrected chi connectivity index (χ4v) is 3.40. The standard InChI is InChI=1S/C18H16F3N3O4/c19-6-12-9-3-4-24(17(9)23-7-22-12)18-15(27)14(26)16(28-18)13(25)8-1-2-10(20)11(21)5-8/h1-5,7,13-16,18,25-27H,6H2/t13-,14+,15-,16-,18-/m1/s1. The molecule has 5 atom stereocenters. The van der Waals surface area contributed by atoms with Crippen LogP contribution >= 0.6 is 0 Å². The zero-order valence-corrected chi connectivity index (χ0v) is 14.3.